The quantitative estimate of drug-likeness (QED) is 0.548. The number of para-hydroxylation sites is 1. The van der Waals surface area contributed by atoms with Gasteiger partial charge in [0.05, 0.1) is 12.7 Å². The summed E-state index contributed by atoms with van der Waals surface area (Å²) < 4.78 is 47.4. The van der Waals surface area contributed by atoms with Crippen LogP contribution in [0.4, 0.5) is 29.7 Å². The molecule has 2 amide bonds. The minimum Gasteiger partial charge on any atom is -0.444 e. The Balaban J connectivity index is 1.57. The van der Waals surface area contributed by atoms with E-state index in [-0.39, 0.29) is 47.6 Å². The van der Waals surface area contributed by atoms with Gasteiger partial charge in [0, 0.05) is 38.3 Å². The number of carbonyl (C=O) groups is 2. The van der Waals surface area contributed by atoms with E-state index < -0.39 is 18.1 Å². The molecule has 2 heterocycles. The second-order valence-electron chi connectivity index (χ2n) is 9.28. The number of carbonyl (C=O) groups excluding carboxylic acids is 2. The van der Waals surface area contributed by atoms with Crippen molar-refractivity contribution in [3.05, 3.63) is 41.6 Å². The van der Waals surface area contributed by atoms with Gasteiger partial charge in [-0.05, 0) is 26.8 Å². The lowest BCUT2D eigenvalue weighted by molar-refractivity contribution is -0.274. The number of aromatic nitrogens is 2. The van der Waals surface area contributed by atoms with Crippen LogP contribution in [-0.2, 0) is 16.1 Å². The van der Waals surface area contributed by atoms with E-state index in [1.165, 1.54) is 29.3 Å². The van der Waals surface area contributed by atoms with Crippen LogP contribution in [0.15, 0.2) is 30.5 Å². The Morgan fingerprint density at radius 2 is 1.74 bits per heavy atom. The van der Waals surface area contributed by atoms with Gasteiger partial charge in [-0.3, -0.25) is 4.79 Å². The van der Waals surface area contributed by atoms with E-state index in [1.807, 2.05) is 6.07 Å². The molecule has 0 saturated carbocycles. The number of piperazine rings is 1. The predicted octanol–water partition coefficient (Wildman–Crippen LogP) is 3.35. The van der Waals surface area contributed by atoms with Gasteiger partial charge >= 0.3 is 12.5 Å². The fourth-order valence-corrected chi connectivity index (χ4v) is 3.47. The van der Waals surface area contributed by atoms with Crippen molar-refractivity contribution in [1.29, 1.82) is 5.26 Å². The Morgan fingerprint density at radius 1 is 1.08 bits per heavy atom. The first-order chi connectivity index (χ1) is 17.8. The number of benzene rings is 1. The summed E-state index contributed by atoms with van der Waals surface area (Å²) >= 11 is 0. The maximum atomic E-state index is 12.7. The summed E-state index contributed by atoms with van der Waals surface area (Å²) in [6, 6.07) is 7.55. The van der Waals surface area contributed by atoms with Crippen molar-refractivity contribution in [3.63, 3.8) is 0 Å². The molecule has 2 N–H and O–H groups in total. The molecule has 0 spiro atoms. The number of anilines is 2. The summed E-state index contributed by atoms with van der Waals surface area (Å²) in [7, 11) is 0. The molecule has 0 atom stereocenters. The minimum atomic E-state index is -4.84. The van der Waals surface area contributed by atoms with Crippen LogP contribution < -0.4 is 15.4 Å². The molecular weight excluding hydrogens is 507 g/mol. The second kappa shape index (κ2) is 11.8. The first-order valence-corrected chi connectivity index (χ1v) is 11.7. The van der Waals surface area contributed by atoms with Gasteiger partial charge in [-0.1, -0.05) is 18.2 Å². The molecule has 0 radical (unpaired) electrons. The van der Waals surface area contributed by atoms with Gasteiger partial charge in [-0.2, -0.15) is 10.2 Å². The first-order valence-electron chi connectivity index (χ1n) is 11.7. The standard InChI is InChI=1S/C24H28F3N7O4/c1-23(2,3)38-22(36)34-10-8-33(9-11-34)19(35)15-29-20-17(12-28)14-31-21(32-20)30-13-16-6-4-5-7-18(16)37-24(25,26)27/h4-7,14H,8-11,13,15H2,1-3H3,(H2,29,30,31,32). The highest BCUT2D eigenvalue weighted by atomic mass is 19.4. The topological polar surface area (TPSA) is 133 Å². The molecule has 1 aliphatic rings. The third-order valence-electron chi connectivity index (χ3n) is 5.24. The van der Waals surface area contributed by atoms with Crippen molar-refractivity contribution in [3.8, 4) is 11.8 Å². The molecular formula is C24H28F3N7O4. The van der Waals surface area contributed by atoms with Crippen LogP contribution >= 0.6 is 0 Å². The minimum absolute atomic E-state index is 0.0340. The van der Waals surface area contributed by atoms with E-state index >= 15 is 0 Å². The van der Waals surface area contributed by atoms with Crippen LogP contribution in [0.25, 0.3) is 0 Å². The molecule has 0 unspecified atom stereocenters. The van der Waals surface area contributed by atoms with Gasteiger partial charge in [0.2, 0.25) is 11.9 Å². The summed E-state index contributed by atoms with van der Waals surface area (Å²) in [4.78, 5) is 36.2. The van der Waals surface area contributed by atoms with Crippen molar-refractivity contribution >= 4 is 23.8 Å². The maximum absolute atomic E-state index is 12.7. The molecule has 1 saturated heterocycles. The van der Waals surface area contributed by atoms with Gasteiger partial charge in [0.15, 0.2) is 0 Å². The number of hydrogen-bond acceptors (Lipinski definition) is 9. The van der Waals surface area contributed by atoms with E-state index in [9.17, 15) is 28.0 Å². The lowest BCUT2D eigenvalue weighted by Gasteiger charge is -2.35. The average molecular weight is 536 g/mol. The van der Waals surface area contributed by atoms with E-state index in [0.717, 1.165) is 0 Å². The van der Waals surface area contributed by atoms with Gasteiger partial charge < -0.3 is 29.9 Å². The smallest absolute Gasteiger partial charge is 0.444 e. The van der Waals surface area contributed by atoms with Crippen LogP contribution in [0.5, 0.6) is 5.75 Å². The molecule has 11 nitrogen and oxygen atoms in total. The summed E-state index contributed by atoms with van der Waals surface area (Å²) in [6.45, 7) is 6.37. The largest absolute Gasteiger partial charge is 0.573 e. The average Bonchev–Trinajstić information content (AvgIpc) is 2.85. The summed E-state index contributed by atoms with van der Waals surface area (Å²) in [5.41, 5.74) is -0.315. The molecule has 0 bridgehead atoms. The molecule has 14 heteroatoms. The molecule has 0 aliphatic carbocycles. The van der Waals surface area contributed by atoms with Crippen LogP contribution in [0.1, 0.15) is 31.9 Å². The fourth-order valence-electron chi connectivity index (χ4n) is 3.47. The van der Waals surface area contributed by atoms with E-state index in [4.69, 9.17) is 4.74 Å². The highest BCUT2D eigenvalue weighted by Gasteiger charge is 2.32. The number of ether oxygens (including phenoxy) is 2. The van der Waals surface area contributed by atoms with Crippen LogP contribution in [0, 0.1) is 11.3 Å². The Labute approximate surface area is 217 Å². The SMILES string of the molecule is CC(C)(C)OC(=O)N1CCN(C(=O)CNc2nc(NCc3ccccc3OC(F)(F)F)ncc2C#N)CC1. The molecule has 1 aromatic heterocycles. The van der Waals surface area contributed by atoms with Crippen molar-refractivity contribution in [1.82, 2.24) is 19.8 Å². The Hall–Kier alpha value is -4.28. The second-order valence-corrected chi connectivity index (χ2v) is 9.28. The van der Waals surface area contributed by atoms with Crippen LogP contribution in [-0.4, -0.2) is 76.5 Å². The monoisotopic (exact) mass is 535 g/mol. The fraction of sp³-hybridized carbons (Fsp3) is 0.458. The molecule has 1 aliphatic heterocycles. The van der Waals surface area contributed by atoms with E-state index in [2.05, 4.69) is 25.3 Å². The Kier molecular flexibility index (Phi) is 8.82. The number of rotatable bonds is 7. The number of nitrogens with one attached hydrogen (secondary N) is 2. The zero-order chi connectivity index (χ0) is 27.9. The highest BCUT2D eigenvalue weighted by Crippen LogP contribution is 2.26. The van der Waals surface area contributed by atoms with Gasteiger partial charge in [0.25, 0.3) is 0 Å². The van der Waals surface area contributed by atoms with Crippen LogP contribution in [0.3, 0.4) is 0 Å². The zero-order valence-electron chi connectivity index (χ0n) is 21.1. The predicted molar refractivity (Wildman–Crippen MR) is 130 cm³/mol. The molecule has 2 aromatic rings. The third kappa shape index (κ3) is 8.39. The third-order valence-corrected chi connectivity index (χ3v) is 5.24. The van der Waals surface area contributed by atoms with Gasteiger partial charge in [0.1, 0.15) is 28.8 Å². The van der Waals surface area contributed by atoms with Crippen molar-refractivity contribution < 1.29 is 32.2 Å². The first kappa shape index (κ1) is 28.3. The summed E-state index contributed by atoms with van der Waals surface area (Å²) in [5, 5.41) is 15.0. The molecule has 204 valence electrons. The Morgan fingerprint density at radius 3 is 2.37 bits per heavy atom. The van der Waals surface area contributed by atoms with Crippen molar-refractivity contribution in [2.24, 2.45) is 0 Å². The number of nitriles is 1. The van der Waals surface area contributed by atoms with Crippen molar-refractivity contribution in [2.75, 3.05) is 43.4 Å². The van der Waals surface area contributed by atoms with Crippen molar-refractivity contribution in [2.45, 2.75) is 39.3 Å². The number of amides is 2. The van der Waals surface area contributed by atoms with Crippen LogP contribution in [0.2, 0.25) is 0 Å². The highest BCUT2D eigenvalue weighted by molar-refractivity contribution is 5.81. The maximum Gasteiger partial charge on any atom is 0.573 e. The molecule has 1 fully saturated rings. The Bertz CT molecular complexity index is 1190. The number of halogens is 3. The van der Waals surface area contributed by atoms with Gasteiger partial charge in [-0.15, -0.1) is 13.2 Å². The number of alkyl halides is 3. The zero-order valence-corrected chi connectivity index (χ0v) is 21.1. The molecule has 1 aromatic carbocycles. The summed E-state index contributed by atoms with van der Waals surface area (Å²) in [5.74, 6) is -0.502. The van der Waals surface area contributed by atoms with Gasteiger partial charge in [-0.25, -0.2) is 9.78 Å². The molecule has 3 rings (SSSR count). The number of hydrogen-bond donors (Lipinski definition) is 2. The number of nitrogens with zero attached hydrogens (tertiary/aromatic N) is 5. The lowest BCUT2D eigenvalue weighted by Crippen LogP contribution is -2.52. The summed E-state index contributed by atoms with van der Waals surface area (Å²) in [6.07, 6.45) is -4.04. The van der Waals surface area contributed by atoms with E-state index in [0.29, 0.717) is 26.2 Å². The van der Waals surface area contributed by atoms with E-state index in [1.54, 1.807) is 31.7 Å². The molecule has 38 heavy (non-hydrogen) atoms. The normalized spacial score (nSPS) is 13.9. The lowest BCUT2D eigenvalue weighted by atomic mass is 10.2.